The topological polar surface area (TPSA) is 80.9 Å². The van der Waals surface area contributed by atoms with Gasteiger partial charge in [-0.05, 0) is 42.3 Å². The van der Waals surface area contributed by atoms with E-state index in [1.807, 2.05) is 60.7 Å². The van der Waals surface area contributed by atoms with Crippen molar-refractivity contribution in [3.63, 3.8) is 0 Å². The molecule has 0 amide bonds. The lowest BCUT2D eigenvalue weighted by Crippen LogP contribution is -2.39. The number of rotatable bonds is 4. The number of hydrogen-bond donors (Lipinski definition) is 1. The summed E-state index contributed by atoms with van der Waals surface area (Å²) in [5, 5.41) is 12.4. The molecule has 1 atom stereocenters. The molecule has 0 saturated carbocycles. The summed E-state index contributed by atoms with van der Waals surface area (Å²) in [5.74, 6) is -0.397. The zero-order valence-electron chi connectivity index (χ0n) is 18.7. The zero-order valence-corrected chi connectivity index (χ0v) is 19.5. The van der Waals surface area contributed by atoms with Gasteiger partial charge in [-0.1, -0.05) is 72.0 Å². The predicted octanol–water partition coefficient (Wildman–Crippen LogP) is 3.66. The molecular weight excluding hydrogens is 448 g/mol. The molecule has 5 rings (SSSR count). The molecule has 0 fully saturated rings. The van der Waals surface area contributed by atoms with Gasteiger partial charge in [0.2, 0.25) is 0 Å². The van der Waals surface area contributed by atoms with E-state index in [1.165, 1.54) is 11.3 Å². The lowest BCUT2D eigenvalue weighted by molar-refractivity contribution is -0.139. The van der Waals surface area contributed by atoms with Crippen molar-refractivity contribution in [3.05, 3.63) is 109 Å². The van der Waals surface area contributed by atoms with Crippen LogP contribution in [-0.2, 0) is 9.53 Å². The Labute approximate surface area is 199 Å². The monoisotopic (exact) mass is 470 g/mol. The van der Waals surface area contributed by atoms with Gasteiger partial charge in [-0.2, -0.15) is 0 Å². The summed E-state index contributed by atoms with van der Waals surface area (Å²) in [6.45, 7) is 3.73. The number of nitrogens with zero attached hydrogens (tertiary/aromatic N) is 2. The van der Waals surface area contributed by atoms with Crippen LogP contribution >= 0.6 is 11.3 Å². The van der Waals surface area contributed by atoms with Crippen LogP contribution in [0.4, 0.5) is 0 Å². The van der Waals surface area contributed by atoms with E-state index in [-0.39, 0.29) is 17.9 Å². The van der Waals surface area contributed by atoms with E-state index in [9.17, 15) is 14.7 Å². The SMILES string of the molecule is CCOC(=O)C1=C(C)N=c2s/c(=C\c3c(O)ccc4ccccc34)c(=O)n2[C@H]1c1ccccc1. The second-order valence-corrected chi connectivity index (χ2v) is 8.94. The lowest BCUT2D eigenvalue weighted by atomic mass is 9.96. The summed E-state index contributed by atoms with van der Waals surface area (Å²) in [6, 6.07) is 19.9. The molecule has 1 aliphatic rings. The fourth-order valence-corrected chi connectivity index (χ4v) is 5.34. The van der Waals surface area contributed by atoms with E-state index in [2.05, 4.69) is 4.99 Å². The number of fused-ring (bicyclic) bond motifs is 2. The second-order valence-electron chi connectivity index (χ2n) is 7.93. The number of benzene rings is 3. The molecular formula is C27H22N2O4S. The van der Waals surface area contributed by atoms with Crippen LogP contribution in [-0.4, -0.2) is 22.2 Å². The Kier molecular flexibility index (Phi) is 5.63. The van der Waals surface area contributed by atoms with Gasteiger partial charge in [0.1, 0.15) is 5.75 Å². The molecule has 3 aromatic carbocycles. The number of aromatic hydroxyl groups is 1. The van der Waals surface area contributed by atoms with Crippen LogP contribution in [0.15, 0.2) is 87.8 Å². The number of thiazole rings is 1. The van der Waals surface area contributed by atoms with Crippen LogP contribution in [0.1, 0.15) is 31.0 Å². The molecule has 6 nitrogen and oxygen atoms in total. The zero-order chi connectivity index (χ0) is 23.8. The van der Waals surface area contributed by atoms with Gasteiger partial charge >= 0.3 is 5.97 Å². The normalized spacial score (nSPS) is 15.8. The first-order valence-corrected chi connectivity index (χ1v) is 11.8. The first kappa shape index (κ1) is 21.9. The minimum atomic E-state index is -0.653. The summed E-state index contributed by atoms with van der Waals surface area (Å²) < 4.78 is 7.28. The van der Waals surface area contributed by atoms with Crippen LogP contribution in [0, 0.1) is 0 Å². The van der Waals surface area contributed by atoms with Gasteiger partial charge < -0.3 is 9.84 Å². The van der Waals surface area contributed by atoms with Gasteiger partial charge in [-0.15, -0.1) is 0 Å². The van der Waals surface area contributed by atoms with Crippen molar-refractivity contribution in [1.82, 2.24) is 4.57 Å². The molecule has 7 heteroatoms. The lowest BCUT2D eigenvalue weighted by Gasteiger charge is -2.24. The number of aromatic nitrogens is 1. The highest BCUT2D eigenvalue weighted by Crippen LogP contribution is 2.31. The van der Waals surface area contributed by atoms with Crippen molar-refractivity contribution in [2.75, 3.05) is 6.61 Å². The molecule has 170 valence electrons. The smallest absolute Gasteiger partial charge is 0.338 e. The van der Waals surface area contributed by atoms with Gasteiger partial charge in [0, 0.05) is 5.56 Å². The fraction of sp³-hybridized carbons (Fsp3) is 0.148. The second kappa shape index (κ2) is 8.76. The van der Waals surface area contributed by atoms with Crippen molar-refractivity contribution in [3.8, 4) is 5.75 Å². The number of allylic oxidation sites excluding steroid dienone is 1. The van der Waals surface area contributed by atoms with Crippen molar-refractivity contribution in [2.45, 2.75) is 19.9 Å². The van der Waals surface area contributed by atoms with E-state index in [1.54, 1.807) is 30.6 Å². The predicted molar refractivity (Wildman–Crippen MR) is 132 cm³/mol. The molecule has 34 heavy (non-hydrogen) atoms. The summed E-state index contributed by atoms with van der Waals surface area (Å²) in [7, 11) is 0. The molecule has 0 spiro atoms. The number of esters is 1. The molecule has 1 aromatic heterocycles. The molecule has 2 heterocycles. The fourth-order valence-electron chi connectivity index (χ4n) is 4.31. The quantitative estimate of drug-likeness (QED) is 0.462. The molecule has 1 N–H and O–H groups in total. The Morgan fingerprint density at radius 1 is 1.12 bits per heavy atom. The largest absolute Gasteiger partial charge is 0.507 e. The molecule has 0 saturated heterocycles. The first-order chi connectivity index (χ1) is 16.5. The molecule has 1 aliphatic heterocycles. The third kappa shape index (κ3) is 3.64. The van der Waals surface area contributed by atoms with Crippen LogP contribution in [0.5, 0.6) is 5.75 Å². The Morgan fingerprint density at radius 2 is 1.85 bits per heavy atom. The highest BCUT2D eigenvalue weighted by molar-refractivity contribution is 7.07. The number of carbonyl (C=O) groups excluding carboxylic acids is 1. The number of phenols is 1. The number of ether oxygens (including phenoxy) is 1. The average Bonchev–Trinajstić information content (AvgIpc) is 3.15. The van der Waals surface area contributed by atoms with Crippen molar-refractivity contribution >= 4 is 34.2 Å². The molecule has 0 unspecified atom stereocenters. The molecule has 0 aliphatic carbocycles. The highest BCUT2D eigenvalue weighted by Gasteiger charge is 2.33. The maximum absolute atomic E-state index is 13.7. The minimum Gasteiger partial charge on any atom is -0.507 e. The first-order valence-electron chi connectivity index (χ1n) is 10.9. The number of phenolic OH excluding ortho intramolecular Hbond substituents is 1. The molecule has 0 bridgehead atoms. The van der Waals surface area contributed by atoms with E-state index in [4.69, 9.17) is 4.74 Å². The van der Waals surface area contributed by atoms with Crippen molar-refractivity contribution in [1.29, 1.82) is 0 Å². The summed E-state index contributed by atoms with van der Waals surface area (Å²) >= 11 is 1.23. The maximum atomic E-state index is 13.7. The van der Waals surface area contributed by atoms with Gasteiger partial charge in [-0.3, -0.25) is 9.36 Å². The molecule has 4 aromatic rings. The third-order valence-corrected chi connectivity index (χ3v) is 6.84. The van der Waals surface area contributed by atoms with Gasteiger partial charge in [-0.25, -0.2) is 9.79 Å². The van der Waals surface area contributed by atoms with E-state index >= 15 is 0 Å². The summed E-state index contributed by atoms with van der Waals surface area (Å²) in [6.07, 6.45) is 1.70. The van der Waals surface area contributed by atoms with Crippen LogP contribution in [0.25, 0.3) is 16.8 Å². The Hall–Kier alpha value is -3.97. The highest BCUT2D eigenvalue weighted by atomic mass is 32.1. The van der Waals surface area contributed by atoms with Gasteiger partial charge in [0.05, 0.1) is 28.5 Å². The van der Waals surface area contributed by atoms with Crippen LogP contribution in [0.3, 0.4) is 0 Å². The summed E-state index contributed by atoms with van der Waals surface area (Å²) in [5.41, 5.74) is 1.95. The third-order valence-electron chi connectivity index (χ3n) is 5.86. The maximum Gasteiger partial charge on any atom is 0.338 e. The molecule has 0 radical (unpaired) electrons. The van der Waals surface area contributed by atoms with E-state index in [0.29, 0.717) is 26.2 Å². The van der Waals surface area contributed by atoms with Crippen molar-refractivity contribution < 1.29 is 14.6 Å². The van der Waals surface area contributed by atoms with E-state index < -0.39 is 12.0 Å². The standard InChI is InChI=1S/C27H22N2O4S/c1-3-33-26(32)23-16(2)28-27-29(24(23)18-10-5-4-6-11-18)25(31)22(34-27)15-20-19-12-8-7-9-17(19)13-14-21(20)30/h4-15,24,30H,3H2,1-2H3/b22-15-/t24-/m0/s1. The minimum absolute atomic E-state index is 0.0903. The average molecular weight is 471 g/mol. The van der Waals surface area contributed by atoms with Crippen LogP contribution < -0.4 is 14.9 Å². The van der Waals surface area contributed by atoms with Crippen LogP contribution in [0.2, 0.25) is 0 Å². The van der Waals surface area contributed by atoms with Gasteiger partial charge in [0.25, 0.3) is 5.56 Å². The van der Waals surface area contributed by atoms with Gasteiger partial charge in [0.15, 0.2) is 4.80 Å². The summed E-state index contributed by atoms with van der Waals surface area (Å²) in [4.78, 5) is 31.7. The number of hydrogen-bond acceptors (Lipinski definition) is 6. The van der Waals surface area contributed by atoms with E-state index in [0.717, 1.165) is 16.3 Å². The Morgan fingerprint density at radius 3 is 2.62 bits per heavy atom. The Bertz CT molecular complexity index is 1630. The van der Waals surface area contributed by atoms with Crippen molar-refractivity contribution in [2.24, 2.45) is 4.99 Å². The number of carbonyl (C=O) groups is 1. The Balaban J connectivity index is 1.78.